The van der Waals surface area contributed by atoms with Crippen LogP contribution >= 0.6 is 0 Å². The van der Waals surface area contributed by atoms with E-state index in [1.54, 1.807) is 32.0 Å². The first-order chi connectivity index (χ1) is 8.48. The van der Waals surface area contributed by atoms with E-state index >= 15 is 0 Å². The summed E-state index contributed by atoms with van der Waals surface area (Å²) in [6, 6.07) is 6.98. The molecule has 1 rings (SSSR count). The Morgan fingerprint density at radius 1 is 1.33 bits per heavy atom. The summed E-state index contributed by atoms with van der Waals surface area (Å²) in [7, 11) is 0. The lowest BCUT2D eigenvalue weighted by Crippen LogP contribution is -2.44. The van der Waals surface area contributed by atoms with Gasteiger partial charge in [-0.2, -0.15) is 0 Å². The number of carbonyl (C=O) groups excluding carboxylic acids is 1. The van der Waals surface area contributed by atoms with Gasteiger partial charge in [-0.25, -0.2) is 0 Å². The van der Waals surface area contributed by atoms with Gasteiger partial charge in [0.25, 0.3) is 0 Å². The highest BCUT2D eigenvalue weighted by Crippen LogP contribution is 2.30. The number of ether oxygens (including phenoxy) is 1. The average molecular weight is 250 g/mol. The molecule has 98 valence electrons. The maximum absolute atomic E-state index is 12.0. The van der Waals surface area contributed by atoms with Gasteiger partial charge in [-0.1, -0.05) is 36.8 Å². The van der Waals surface area contributed by atoms with Crippen LogP contribution in [0.15, 0.2) is 24.3 Å². The third-order valence-electron chi connectivity index (χ3n) is 3.03. The van der Waals surface area contributed by atoms with E-state index < -0.39 is 17.4 Å². The van der Waals surface area contributed by atoms with Crippen molar-refractivity contribution >= 4 is 11.9 Å². The molecule has 18 heavy (non-hydrogen) atoms. The maximum atomic E-state index is 12.0. The molecular weight excluding hydrogens is 232 g/mol. The molecule has 0 spiro atoms. The molecule has 0 aliphatic heterocycles. The van der Waals surface area contributed by atoms with Gasteiger partial charge in [-0.3, -0.25) is 9.59 Å². The Morgan fingerprint density at radius 3 is 2.44 bits per heavy atom. The van der Waals surface area contributed by atoms with Crippen LogP contribution in [0.2, 0.25) is 0 Å². The molecule has 0 saturated carbocycles. The molecule has 0 fully saturated rings. The first-order valence-corrected chi connectivity index (χ1v) is 5.96. The molecule has 4 heteroatoms. The zero-order chi connectivity index (χ0) is 13.8. The fraction of sp³-hybridized carbons (Fsp3) is 0.429. The number of rotatable bonds is 5. The zero-order valence-electron chi connectivity index (χ0n) is 10.9. The van der Waals surface area contributed by atoms with E-state index in [1.165, 1.54) is 0 Å². The van der Waals surface area contributed by atoms with Crippen LogP contribution in [-0.4, -0.2) is 23.7 Å². The first kappa shape index (κ1) is 14.2. The van der Waals surface area contributed by atoms with Crippen LogP contribution < -0.4 is 0 Å². The number of hydrogen-bond donors (Lipinski definition) is 1. The molecule has 0 radical (unpaired) electrons. The second-order valence-corrected chi connectivity index (χ2v) is 4.15. The van der Waals surface area contributed by atoms with Gasteiger partial charge in [0, 0.05) is 0 Å². The monoisotopic (exact) mass is 250 g/mol. The molecule has 1 N–H and O–H groups in total. The summed E-state index contributed by atoms with van der Waals surface area (Å²) >= 11 is 0. The Balaban J connectivity index is 3.36. The molecule has 0 aliphatic rings. The van der Waals surface area contributed by atoms with E-state index in [0.29, 0.717) is 5.56 Å². The van der Waals surface area contributed by atoms with Crippen molar-refractivity contribution in [2.24, 2.45) is 0 Å². The summed E-state index contributed by atoms with van der Waals surface area (Å²) < 4.78 is 4.93. The largest absolute Gasteiger partial charge is 0.480 e. The van der Waals surface area contributed by atoms with Gasteiger partial charge in [0.1, 0.15) is 0 Å². The summed E-state index contributed by atoms with van der Waals surface area (Å²) in [5.74, 6) is -1.88. The summed E-state index contributed by atoms with van der Waals surface area (Å²) in [6.45, 7) is 5.36. The molecule has 1 aromatic rings. The summed E-state index contributed by atoms with van der Waals surface area (Å²) in [4.78, 5) is 23.6. The molecule has 0 aromatic heterocycles. The lowest BCUT2D eigenvalue weighted by molar-refractivity contribution is -0.161. The predicted octanol–water partition coefficient (Wildman–Crippen LogP) is 2.29. The van der Waals surface area contributed by atoms with Crippen LogP contribution in [0.4, 0.5) is 0 Å². The topological polar surface area (TPSA) is 63.6 Å². The molecule has 4 nitrogen and oxygen atoms in total. The van der Waals surface area contributed by atoms with Crippen LogP contribution in [0, 0.1) is 6.92 Å². The number of benzene rings is 1. The molecule has 0 heterocycles. The molecule has 0 bridgehead atoms. The van der Waals surface area contributed by atoms with Crippen molar-refractivity contribution in [2.45, 2.75) is 32.6 Å². The second kappa shape index (κ2) is 5.67. The van der Waals surface area contributed by atoms with Crippen molar-refractivity contribution in [1.82, 2.24) is 0 Å². The number of aryl methyl sites for hydroxylation is 1. The second-order valence-electron chi connectivity index (χ2n) is 4.15. The van der Waals surface area contributed by atoms with Crippen LogP contribution in [-0.2, 0) is 19.7 Å². The SMILES string of the molecule is CCOC(=O)C(CC)(C(=O)O)c1cccc(C)c1. The number of carboxylic acids is 1. The van der Waals surface area contributed by atoms with E-state index in [2.05, 4.69) is 0 Å². The quantitative estimate of drug-likeness (QED) is 0.643. The van der Waals surface area contributed by atoms with Crippen molar-refractivity contribution < 1.29 is 19.4 Å². The van der Waals surface area contributed by atoms with E-state index in [0.717, 1.165) is 5.56 Å². The molecular formula is C14H18O4. The Labute approximate surface area is 107 Å². The smallest absolute Gasteiger partial charge is 0.328 e. The highest BCUT2D eigenvalue weighted by atomic mass is 16.5. The van der Waals surface area contributed by atoms with Gasteiger partial charge in [-0.15, -0.1) is 0 Å². The van der Waals surface area contributed by atoms with Crippen molar-refractivity contribution in [1.29, 1.82) is 0 Å². The van der Waals surface area contributed by atoms with E-state index in [1.807, 2.05) is 13.0 Å². The van der Waals surface area contributed by atoms with E-state index in [-0.39, 0.29) is 13.0 Å². The van der Waals surface area contributed by atoms with Gasteiger partial charge in [0.15, 0.2) is 5.41 Å². The van der Waals surface area contributed by atoms with Crippen molar-refractivity contribution in [3.63, 3.8) is 0 Å². The van der Waals surface area contributed by atoms with Crippen LogP contribution in [0.25, 0.3) is 0 Å². The molecule has 0 saturated heterocycles. The van der Waals surface area contributed by atoms with Gasteiger partial charge in [0.05, 0.1) is 6.61 Å². The first-order valence-electron chi connectivity index (χ1n) is 5.96. The van der Waals surface area contributed by atoms with Crippen LogP contribution in [0.3, 0.4) is 0 Å². The summed E-state index contributed by atoms with van der Waals surface area (Å²) in [5, 5.41) is 9.46. The maximum Gasteiger partial charge on any atom is 0.328 e. The predicted molar refractivity (Wildman–Crippen MR) is 67.4 cm³/mol. The minimum Gasteiger partial charge on any atom is -0.480 e. The molecule has 0 amide bonds. The zero-order valence-corrected chi connectivity index (χ0v) is 10.9. The highest BCUT2D eigenvalue weighted by molar-refractivity contribution is 6.05. The number of carbonyl (C=O) groups is 2. The standard InChI is InChI=1S/C14H18O4/c1-4-14(12(15)16,13(17)18-5-2)11-8-6-7-10(3)9-11/h6-9H,4-5H2,1-3H3,(H,15,16). The summed E-state index contributed by atoms with van der Waals surface area (Å²) in [6.07, 6.45) is 0.157. The van der Waals surface area contributed by atoms with Crippen molar-refractivity contribution in [3.8, 4) is 0 Å². The summed E-state index contributed by atoms with van der Waals surface area (Å²) in [5.41, 5.74) is -0.228. The lowest BCUT2D eigenvalue weighted by Gasteiger charge is -2.26. The van der Waals surface area contributed by atoms with Crippen molar-refractivity contribution in [2.75, 3.05) is 6.61 Å². The minimum absolute atomic E-state index is 0.157. The third kappa shape index (κ3) is 2.37. The Bertz CT molecular complexity index is 453. The highest BCUT2D eigenvalue weighted by Gasteiger charge is 2.47. The van der Waals surface area contributed by atoms with Gasteiger partial charge < -0.3 is 9.84 Å². The number of aliphatic carboxylic acids is 1. The number of carboxylic acid groups (broad SMARTS) is 1. The van der Waals surface area contributed by atoms with Crippen molar-refractivity contribution in [3.05, 3.63) is 35.4 Å². The molecule has 0 aliphatic carbocycles. The molecule has 1 aromatic carbocycles. The number of esters is 1. The fourth-order valence-electron chi connectivity index (χ4n) is 1.99. The molecule has 1 atom stereocenters. The lowest BCUT2D eigenvalue weighted by atomic mass is 9.77. The normalized spacial score (nSPS) is 13.7. The van der Waals surface area contributed by atoms with Crippen LogP contribution in [0.1, 0.15) is 31.4 Å². The minimum atomic E-state index is -1.61. The van der Waals surface area contributed by atoms with Crippen LogP contribution in [0.5, 0.6) is 0 Å². The fourth-order valence-corrected chi connectivity index (χ4v) is 1.99. The van der Waals surface area contributed by atoms with E-state index in [9.17, 15) is 14.7 Å². The Hall–Kier alpha value is -1.84. The number of hydrogen-bond acceptors (Lipinski definition) is 3. The Kier molecular flexibility index (Phi) is 4.48. The third-order valence-corrected chi connectivity index (χ3v) is 3.03. The van der Waals surface area contributed by atoms with E-state index in [4.69, 9.17) is 4.74 Å². The molecule has 1 unspecified atom stereocenters. The van der Waals surface area contributed by atoms with Gasteiger partial charge in [0.2, 0.25) is 0 Å². The van der Waals surface area contributed by atoms with Gasteiger partial charge >= 0.3 is 11.9 Å². The Morgan fingerprint density at radius 2 is 2.00 bits per heavy atom. The average Bonchev–Trinajstić information content (AvgIpc) is 2.30. The van der Waals surface area contributed by atoms with Gasteiger partial charge in [-0.05, 0) is 25.8 Å².